The molecule has 3 N–H and O–H groups in total. The van der Waals surface area contributed by atoms with Crippen LogP contribution in [0.2, 0.25) is 5.02 Å². The van der Waals surface area contributed by atoms with Gasteiger partial charge in [-0.3, -0.25) is 0 Å². The number of nitrogens with zero attached hydrogens (tertiary/aromatic N) is 1. The Morgan fingerprint density at radius 2 is 2.12 bits per heavy atom. The largest absolute Gasteiger partial charge is 0.504 e. The van der Waals surface area contributed by atoms with Crippen molar-refractivity contribution in [1.82, 2.24) is 10.3 Å². The Hall–Kier alpha value is -1.63. The molecule has 3 rings (SSSR count). The Labute approximate surface area is 167 Å². The van der Waals surface area contributed by atoms with E-state index in [1.54, 1.807) is 17.4 Å². The van der Waals surface area contributed by atoms with E-state index in [1.165, 1.54) is 4.53 Å². The highest BCUT2D eigenvalue weighted by molar-refractivity contribution is 7.80. The number of thiazole rings is 1. The third-order valence-electron chi connectivity index (χ3n) is 3.85. The predicted octanol–water partition coefficient (Wildman–Crippen LogP) is 3.85. The predicted molar refractivity (Wildman–Crippen MR) is 115 cm³/mol. The van der Waals surface area contributed by atoms with Gasteiger partial charge < -0.3 is 15.7 Å². The molecular formula is C19H22ClN3OS2. The van der Waals surface area contributed by atoms with Gasteiger partial charge in [0.15, 0.2) is 10.9 Å². The molecule has 1 aromatic carbocycles. The third-order valence-corrected chi connectivity index (χ3v) is 5.42. The van der Waals surface area contributed by atoms with Gasteiger partial charge in [-0.1, -0.05) is 30.7 Å². The van der Waals surface area contributed by atoms with Gasteiger partial charge in [0.2, 0.25) is 0 Å². The van der Waals surface area contributed by atoms with Gasteiger partial charge in [0, 0.05) is 11.1 Å². The first kappa shape index (κ1) is 19.1. The molecule has 0 saturated carbocycles. The van der Waals surface area contributed by atoms with Crippen molar-refractivity contribution in [2.75, 3.05) is 5.32 Å². The molecule has 0 saturated heterocycles. The number of benzene rings is 1. The summed E-state index contributed by atoms with van der Waals surface area (Å²) in [5, 5.41) is 19.1. The van der Waals surface area contributed by atoms with Gasteiger partial charge in [0.05, 0.1) is 20.6 Å². The molecule has 4 nitrogen and oxygen atoms in total. The lowest BCUT2D eigenvalue weighted by Gasteiger charge is -2.23. The molecule has 1 aliphatic carbocycles. The van der Waals surface area contributed by atoms with E-state index in [0.29, 0.717) is 16.7 Å². The van der Waals surface area contributed by atoms with Crippen molar-refractivity contribution in [3.8, 4) is 16.3 Å². The maximum absolute atomic E-state index is 10.3. The highest BCUT2D eigenvalue weighted by atomic mass is 35.5. The first-order chi connectivity index (χ1) is 12.1. The zero-order chi connectivity index (χ0) is 19.1. The SMILES string of the molecule is CC1C=c2sc(-c3cc(Cl)c(O)c(NC(=S)NC(C)(C)C)c3)nc2=CC1. The minimum absolute atomic E-state index is 0.0263. The fourth-order valence-electron chi connectivity index (χ4n) is 2.67. The zero-order valence-corrected chi connectivity index (χ0v) is 17.6. The molecule has 1 aliphatic rings. The lowest BCUT2D eigenvalue weighted by molar-refractivity contribution is 0.477. The van der Waals surface area contributed by atoms with E-state index >= 15 is 0 Å². The van der Waals surface area contributed by atoms with Gasteiger partial charge in [0.25, 0.3) is 0 Å². The topological polar surface area (TPSA) is 57.2 Å². The van der Waals surface area contributed by atoms with Crippen LogP contribution in [-0.2, 0) is 0 Å². The molecule has 2 aromatic rings. The first-order valence-electron chi connectivity index (χ1n) is 8.43. The van der Waals surface area contributed by atoms with E-state index in [2.05, 4.69) is 29.7 Å². The van der Waals surface area contributed by atoms with Crippen LogP contribution < -0.4 is 20.5 Å². The number of fused-ring (bicyclic) bond motifs is 1. The monoisotopic (exact) mass is 407 g/mol. The molecule has 7 heteroatoms. The zero-order valence-electron chi connectivity index (χ0n) is 15.2. The molecule has 1 atom stereocenters. The molecule has 0 radical (unpaired) electrons. The summed E-state index contributed by atoms with van der Waals surface area (Å²) in [4.78, 5) is 4.72. The van der Waals surface area contributed by atoms with E-state index in [9.17, 15) is 5.11 Å². The number of aromatic nitrogens is 1. The standard InChI is InChI=1S/C19H22ClN3OS2/c1-10-5-6-13-15(7-10)26-17(21-13)11-8-12(20)16(24)14(9-11)22-18(25)23-19(2,3)4/h6-10,24H,5H2,1-4H3,(H2,22,23,25). The summed E-state index contributed by atoms with van der Waals surface area (Å²) in [6.45, 7) is 8.23. The third kappa shape index (κ3) is 4.37. The van der Waals surface area contributed by atoms with Crippen LogP contribution in [0.3, 0.4) is 0 Å². The second kappa shape index (κ2) is 7.18. The summed E-state index contributed by atoms with van der Waals surface area (Å²) < 4.78 is 1.18. The van der Waals surface area contributed by atoms with Gasteiger partial charge in [-0.05, 0) is 57.5 Å². The molecule has 1 aromatic heterocycles. The smallest absolute Gasteiger partial charge is 0.171 e. The van der Waals surface area contributed by atoms with Gasteiger partial charge in [0.1, 0.15) is 5.01 Å². The number of phenols is 1. The first-order valence-corrected chi connectivity index (χ1v) is 10.0. The molecule has 138 valence electrons. The van der Waals surface area contributed by atoms with Crippen molar-refractivity contribution in [1.29, 1.82) is 0 Å². The Kier molecular flexibility index (Phi) is 5.28. The van der Waals surface area contributed by atoms with Crippen LogP contribution in [0.25, 0.3) is 22.7 Å². The summed E-state index contributed by atoms with van der Waals surface area (Å²) in [7, 11) is 0. The van der Waals surface area contributed by atoms with Crippen molar-refractivity contribution >= 4 is 58.1 Å². The fraction of sp³-hybridized carbons (Fsp3) is 0.368. The van der Waals surface area contributed by atoms with Crippen LogP contribution in [0.1, 0.15) is 34.1 Å². The second-order valence-corrected chi connectivity index (χ2v) is 9.38. The molecule has 0 bridgehead atoms. The van der Waals surface area contributed by atoms with Crippen LogP contribution in [0.15, 0.2) is 12.1 Å². The minimum atomic E-state index is -0.183. The second-order valence-electron chi connectivity index (χ2n) is 7.54. The number of hydrogen-bond acceptors (Lipinski definition) is 4. The highest BCUT2D eigenvalue weighted by Gasteiger charge is 2.16. The quantitative estimate of drug-likeness (QED) is 0.521. The van der Waals surface area contributed by atoms with Crippen LogP contribution >= 0.6 is 35.2 Å². The summed E-state index contributed by atoms with van der Waals surface area (Å²) in [5.41, 5.74) is 1.13. The molecule has 0 fully saturated rings. The normalized spacial score (nSPS) is 16.3. The summed E-state index contributed by atoms with van der Waals surface area (Å²) >= 11 is 13.2. The van der Waals surface area contributed by atoms with E-state index in [0.717, 1.165) is 22.3 Å². The minimum Gasteiger partial charge on any atom is -0.504 e. The number of hydrogen-bond donors (Lipinski definition) is 3. The highest BCUT2D eigenvalue weighted by Crippen LogP contribution is 2.37. The van der Waals surface area contributed by atoms with E-state index in [-0.39, 0.29) is 16.3 Å². The molecule has 1 unspecified atom stereocenters. The van der Waals surface area contributed by atoms with Crippen molar-refractivity contribution in [2.45, 2.75) is 39.7 Å². The van der Waals surface area contributed by atoms with Crippen molar-refractivity contribution in [2.24, 2.45) is 5.92 Å². The van der Waals surface area contributed by atoms with E-state index in [1.807, 2.05) is 26.8 Å². The van der Waals surface area contributed by atoms with Crippen molar-refractivity contribution in [3.63, 3.8) is 0 Å². The Bertz CT molecular complexity index is 976. The lowest BCUT2D eigenvalue weighted by atomic mass is 10.1. The van der Waals surface area contributed by atoms with Gasteiger partial charge in [-0.2, -0.15) is 0 Å². The average molecular weight is 408 g/mol. The maximum Gasteiger partial charge on any atom is 0.171 e. The Morgan fingerprint density at radius 1 is 1.38 bits per heavy atom. The van der Waals surface area contributed by atoms with Gasteiger partial charge in [-0.25, -0.2) is 4.98 Å². The number of halogens is 1. The number of anilines is 1. The average Bonchev–Trinajstić information content (AvgIpc) is 2.92. The fourth-order valence-corrected chi connectivity index (χ4v) is 4.43. The van der Waals surface area contributed by atoms with E-state index in [4.69, 9.17) is 28.8 Å². The Morgan fingerprint density at radius 3 is 2.81 bits per heavy atom. The number of rotatable bonds is 2. The molecular weight excluding hydrogens is 386 g/mol. The number of phenolic OH excluding ortho intramolecular Hbond substituents is 1. The number of aromatic hydroxyl groups is 1. The summed E-state index contributed by atoms with van der Waals surface area (Å²) in [6.07, 6.45) is 5.43. The maximum atomic E-state index is 10.3. The van der Waals surface area contributed by atoms with Gasteiger partial charge >= 0.3 is 0 Å². The van der Waals surface area contributed by atoms with Gasteiger partial charge in [-0.15, -0.1) is 11.3 Å². The van der Waals surface area contributed by atoms with Crippen molar-refractivity contribution < 1.29 is 5.11 Å². The summed E-state index contributed by atoms with van der Waals surface area (Å²) in [6, 6.07) is 3.56. The molecule has 26 heavy (non-hydrogen) atoms. The van der Waals surface area contributed by atoms with Crippen LogP contribution in [-0.4, -0.2) is 20.7 Å². The molecule has 1 heterocycles. The van der Waals surface area contributed by atoms with Crippen LogP contribution in [0.4, 0.5) is 5.69 Å². The van der Waals surface area contributed by atoms with Crippen LogP contribution in [0.5, 0.6) is 5.75 Å². The summed E-state index contributed by atoms with van der Waals surface area (Å²) in [5.74, 6) is 0.499. The lowest BCUT2D eigenvalue weighted by Crippen LogP contribution is -2.42. The molecule has 0 aliphatic heterocycles. The molecule has 0 amide bonds. The Balaban J connectivity index is 1.97. The van der Waals surface area contributed by atoms with Crippen LogP contribution in [0, 0.1) is 5.92 Å². The number of thiocarbonyl (C=S) groups is 1. The molecule has 0 spiro atoms. The van der Waals surface area contributed by atoms with E-state index < -0.39 is 0 Å². The van der Waals surface area contributed by atoms with Crippen molar-refractivity contribution in [3.05, 3.63) is 27.0 Å². The number of nitrogens with one attached hydrogen (secondary N) is 2.